The Kier molecular flexibility index (Phi) is 6.10. The average Bonchev–Trinajstić information content (AvgIpc) is 3.05. The molecule has 0 saturated carbocycles. The van der Waals surface area contributed by atoms with Gasteiger partial charge in [-0.25, -0.2) is 9.07 Å². The van der Waals surface area contributed by atoms with Crippen molar-refractivity contribution in [3.05, 3.63) is 69.8 Å². The molecular formula is C20H20Cl2FN5O. The monoisotopic (exact) mass is 435 g/mol. The third kappa shape index (κ3) is 4.06. The number of nitrogen functional groups attached to an aromatic ring is 1. The lowest BCUT2D eigenvalue weighted by Gasteiger charge is -2.26. The summed E-state index contributed by atoms with van der Waals surface area (Å²) in [6, 6.07) is 9.93. The van der Waals surface area contributed by atoms with Crippen molar-refractivity contribution in [2.45, 2.75) is 32.2 Å². The Balaban J connectivity index is 0.00000240. The first-order valence-corrected chi connectivity index (χ1v) is 9.38. The molecule has 1 aliphatic rings. The van der Waals surface area contributed by atoms with Crippen LogP contribution in [0.5, 0.6) is 0 Å². The second kappa shape index (κ2) is 8.39. The average molecular weight is 436 g/mol. The van der Waals surface area contributed by atoms with Crippen molar-refractivity contribution in [3.63, 3.8) is 0 Å². The highest BCUT2D eigenvalue weighted by atomic mass is 35.5. The number of hydrogen-bond donors (Lipinski definition) is 2. The van der Waals surface area contributed by atoms with E-state index in [0.717, 1.165) is 36.1 Å². The number of fused-ring (bicyclic) bond motifs is 1. The molecule has 9 heteroatoms. The smallest absolute Gasteiger partial charge is 0.274 e. The number of hydrogen-bond acceptors (Lipinski definition) is 4. The maximum absolute atomic E-state index is 13.4. The number of aromatic nitrogens is 3. The molecule has 0 radical (unpaired) electrons. The molecule has 29 heavy (non-hydrogen) atoms. The summed E-state index contributed by atoms with van der Waals surface area (Å²) in [5.41, 5.74) is 10.2. The van der Waals surface area contributed by atoms with Crippen molar-refractivity contribution < 1.29 is 9.18 Å². The minimum absolute atomic E-state index is 0. The molecule has 3 aromatic rings. The summed E-state index contributed by atoms with van der Waals surface area (Å²) in [5, 5.41) is 11.1. The van der Waals surface area contributed by atoms with E-state index in [2.05, 4.69) is 15.6 Å². The van der Waals surface area contributed by atoms with Crippen LogP contribution in [0.15, 0.2) is 36.4 Å². The third-order valence-corrected chi connectivity index (χ3v) is 5.33. The Morgan fingerprint density at radius 1 is 1.31 bits per heavy atom. The van der Waals surface area contributed by atoms with Crippen LogP contribution in [0.25, 0.3) is 5.69 Å². The van der Waals surface area contributed by atoms with Gasteiger partial charge in [0.15, 0.2) is 5.69 Å². The maximum Gasteiger partial charge on any atom is 0.274 e. The standard InChI is InChI=1S/C20H19ClFN5O.ClH/c1-11-19(25-26-27(11)14-6-8-17(22)16(21)10-14)20(28)24-18-4-2-3-12-9-13(23)5-7-15(12)18;/h5-10,18H,2-4,23H2,1H3,(H,24,28);1H. The van der Waals surface area contributed by atoms with Gasteiger partial charge in [0.2, 0.25) is 0 Å². The van der Waals surface area contributed by atoms with E-state index in [1.807, 2.05) is 18.2 Å². The van der Waals surface area contributed by atoms with E-state index in [1.165, 1.54) is 22.9 Å². The summed E-state index contributed by atoms with van der Waals surface area (Å²) >= 11 is 5.85. The van der Waals surface area contributed by atoms with Crippen LogP contribution >= 0.6 is 24.0 Å². The molecule has 1 atom stereocenters. The normalized spacial score (nSPS) is 15.3. The van der Waals surface area contributed by atoms with Gasteiger partial charge in [-0.1, -0.05) is 22.9 Å². The van der Waals surface area contributed by atoms with Crippen LogP contribution in [0.3, 0.4) is 0 Å². The summed E-state index contributed by atoms with van der Waals surface area (Å²) in [5.74, 6) is -0.815. The van der Waals surface area contributed by atoms with E-state index in [-0.39, 0.29) is 35.1 Å². The van der Waals surface area contributed by atoms with E-state index in [9.17, 15) is 9.18 Å². The van der Waals surface area contributed by atoms with Crippen LogP contribution in [0.1, 0.15) is 46.2 Å². The van der Waals surface area contributed by atoms with E-state index in [1.54, 1.807) is 6.92 Å². The van der Waals surface area contributed by atoms with Gasteiger partial charge in [0, 0.05) is 5.69 Å². The molecule has 0 spiro atoms. The SMILES string of the molecule is Cc1c(C(=O)NC2CCCc3cc(N)ccc32)nnn1-c1ccc(F)c(Cl)c1.Cl. The van der Waals surface area contributed by atoms with Gasteiger partial charge >= 0.3 is 0 Å². The Bertz CT molecular complexity index is 1070. The highest BCUT2D eigenvalue weighted by Crippen LogP contribution is 2.31. The van der Waals surface area contributed by atoms with E-state index >= 15 is 0 Å². The van der Waals surface area contributed by atoms with Crippen molar-refractivity contribution in [2.75, 3.05) is 5.73 Å². The number of anilines is 1. The highest BCUT2D eigenvalue weighted by molar-refractivity contribution is 6.30. The zero-order valence-electron chi connectivity index (χ0n) is 15.7. The quantitative estimate of drug-likeness (QED) is 0.604. The molecule has 1 heterocycles. The van der Waals surface area contributed by atoms with Gasteiger partial charge in [0.25, 0.3) is 5.91 Å². The first-order chi connectivity index (χ1) is 13.4. The van der Waals surface area contributed by atoms with Crippen LogP contribution in [-0.2, 0) is 6.42 Å². The largest absolute Gasteiger partial charge is 0.399 e. The predicted octanol–water partition coefficient (Wildman–Crippen LogP) is 4.18. The lowest BCUT2D eigenvalue weighted by Crippen LogP contribution is -2.31. The number of amides is 1. The molecular weight excluding hydrogens is 416 g/mol. The van der Waals surface area contributed by atoms with Crippen molar-refractivity contribution in [1.82, 2.24) is 20.3 Å². The van der Waals surface area contributed by atoms with Gasteiger partial charge < -0.3 is 11.1 Å². The minimum atomic E-state index is -0.516. The van der Waals surface area contributed by atoms with Crippen molar-refractivity contribution in [1.29, 1.82) is 0 Å². The summed E-state index contributed by atoms with van der Waals surface area (Å²) in [6.07, 6.45) is 2.78. The minimum Gasteiger partial charge on any atom is -0.399 e. The Morgan fingerprint density at radius 3 is 2.86 bits per heavy atom. The Labute approximate surface area is 178 Å². The fourth-order valence-electron chi connectivity index (χ4n) is 3.61. The first-order valence-electron chi connectivity index (χ1n) is 9.01. The van der Waals surface area contributed by atoms with Gasteiger partial charge in [-0.15, -0.1) is 17.5 Å². The fourth-order valence-corrected chi connectivity index (χ4v) is 3.79. The van der Waals surface area contributed by atoms with Gasteiger partial charge in [0.1, 0.15) is 5.82 Å². The van der Waals surface area contributed by atoms with Crippen LogP contribution in [0.2, 0.25) is 5.02 Å². The third-order valence-electron chi connectivity index (χ3n) is 5.04. The molecule has 1 unspecified atom stereocenters. The topological polar surface area (TPSA) is 85.8 Å². The van der Waals surface area contributed by atoms with Crippen molar-refractivity contribution >= 4 is 35.6 Å². The fraction of sp³-hybridized carbons (Fsp3) is 0.250. The van der Waals surface area contributed by atoms with Crippen LogP contribution in [-0.4, -0.2) is 20.9 Å². The number of carbonyl (C=O) groups is 1. The zero-order valence-corrected chi connectivity index (χ0v) is 17.2. The van der Waals surface area contributed by atoms with Crippen molar-refractivity contribution in [2.24, 2.45) is 0 Å². The number of nitrogens with two attached hydrogens (primary N) is 1. The number of nitrogens with one attached hydrogen (secondary N) is 1. The second-order valence-electron chi connectivity index (χ2n) is 6.91. The zero-order chi connectivity index (χ0) is 19.8. The highest BCUT2D eigenvalue weighted by Gasteiger charge is 2.25. The first kappa shape index (κ1) is 21.1. The molecule has 1 aliphatic carbocycles. The van der Waals surface area contributed by atoms with E-state index in [0.29, 0.717) is 11.4 Å². The Morgan fingerprint density at radius 2 is 2.10 bits per heavy atom. The summed E-state index contributed by atoms with van der Waals surface area (Å²) in [7, 11) is 0. The molecule has 0 bridgehead atoms. The summed E-state index contributed by atoms with van der Waals surface area (Å²) in [6.45, 7) is 1.74. The summed E-state index contributed by atoms with van der Waals surface area (Å²) < 4.78 is 14.9. The molecule has 6 nitrogen and oxygen atoms in total. The number of benzene rings is 2. The second-order valence-corrected chi connectivity index (χ2v) is 7.32. The van der Waals surface area contributed by atoms with Gasteiger partial charge in [-0.2, -0.15) is 0 Å². The number of carbonyl (C=O) groups excluding carboxylic acids is 1. The van der Waals surface area contributed by atoms with Crippen LogP contribution in [0, 0.1) is 12.7 Å². The van der Waals surface area contributed by atoms with Crippen LogP contribution in [0.4, 0.5) is 10.1 Å². The molecule has 4 rings (SSSR count). The summed E-state index contributed by atoms with van der Waals surface area (Å²) in [4.78, 5) is 12.8. The molecule has 1 amide bonds. The number of rotatable bonds is 3. The maximum atomic E-state index is 13.4. The number of halogens is 3. The molecule has 1 aromatic heterocycles. The molecule has 2 aromatic carbocycles. The predicted molar refractivity (Wildman–Crippen MR) is 112 cm³/mol. The van der Waals surface area contributed by atoms with E-state index in [4.69, 9.17) is 17.3 Å². The van der Waals surface area contributed by atoms with Crippen molar-refractivity contribution in [3.8, 4) is 5.69 Å². The molecule has 3 N–H and O–H groups in total. The molecule has 152 valence electrons. The lowest BCUT2D eigenvalue weighted by molar-refractivity contribution is 0.0927. The molecule has 0 fully saturated rings. The van der Waals surface area contributed by atoms with Crippen LogP contribution < -0.4 is 11.1 Å². The van der Waals surface area contributed by atoms with Gasteiger partial charge in [-0.3, -0.25) is 4.79 Å². The number of nitrogens with zero attached hydrogens (tertiary/aromatic N) is 3. The van der Waals surface area contributed by atoms with E-state index < -0.39 is 5.82 Å². The molecule has 0 saturated heterocycles. The lowest BCUT2D eigenvalue weighted by atomic mass is 9.87. The number of aryl methyl sites for hydroxylation is 1. The van der Waals surface area contributed by atoms with Gasteiger partial charge in [0.05, 0.1) is 22.4 Å². The Hall–Kier alpha value is -2.64. The van der Waals surface area contributed by atoms with Gasteiger partial charge in [-0.05, 0) is 67.6 Å². The molecule has 0 aliphatic heterocycles.